The lowest BCUT2D eigenvalue weighted by molar-refractivity contribution is 0.138. The number of halogens is 1. The second-order valence-corrected chi connectivity index (χ2v) is 4.61. The number of hydrogen-bond donors (Lipinski definition) is 1. The molecule has 4 nitrogen and oxygen atoms in total. The molecule has 0 aromatic heterocycles. The third kappa shape index (κ3) is 4.29. The van der Waals surface area contributed by atoms with Crippen molar-refractivity contribution in [3.8, 4) is 0 Å². The molecule has 104 valence electrons. The van der Waals surface area contributed by atoms with Gasteiger partial charge in [0, 0.05) is 19.3 Å². The van der Waals surface area contributed by atoms with Gasteiger partial charge in [-0.15, -0.1) is 0 Å². The van der Waals surface area contributed by atoms with Crippen molar-refractivity contribution in [2.45, 2.75) is 38.9 Å². The Morgan fingerprint density at radius 2 is 2.33 bits per heavy atom. The Bertz CT molecular complexity index is 307. The molecule has 0 bridgehead atoms. The standard InChI is InChI=1S/C13H24FN3O/c1-5-6-10(2)16-13(15-3)18-9-12-11(14)7-8-17(12)4/h6,11-12H,5,7-9H2,1-4H3,(H,15,16)/b10-6+/t11-,12+/m0/s1. The summed E-state index contributed by atoms with van der Waals surface area (Å²) >= 11 is 0. The molecule has 1 aliphatic rings. The summed E-state index contributed by atoms with van der Waals surface area (Å²) in [6.45, 7) is 5.14. The lowest BCUT2D eigenvalue weighted by Crippen LogP contribution is -2.37. The van der Waals surface area contributed by atoms with Crippen LogP contribution in [0.25, 0.3) is 0 Å². The average molecular weight is 257 g/mol. The maximum Gasteiger partial charge on any atom is 0.288 e. The minimum absolute atomic E-state index is 0.168. The van der Waals surface area contributed by atoms with Crippen molar-refractivity contribution in [3.63, 3.8) is 0 Å². The van der Waals surface area contributed by atoms with Crippen LogP contribution in [-0.2, 0) is 4.74 Å². The van der Waals surface area contributed by atoms with Gasteiger partial charge in [-0.1, -0.05) is 13.0 Å². The van der Waals surface area contributed by atoms with Crippen molar-refractivity contribution in [2.24, 2.45) is 4.99 Å². The molecule has 0 amide bonds. The molecule has 1 fully saturated rings. The summed E-state index contributed by atoms with van der Waals surface area (Å²) in [6, 6.07) is 0.281. The molecule has 0 spiro atoms. The Labute approximate surface area is 109 Å². The molecule has 0 aliphatic carbocycles. The lowest BCUT2D eigenvalue weighted by atomic mass is 10.2. The van der Waals surface area contributed by atoms with Crippen LogP contribution in [0, 0.1) is 0 Å². The van der Waals surface area contributed by atoms with Crippen LogP contribution in [0.5, 0.6) is 0 Å². The number of likely N-dealkylation sites (tertiary alicyclic amines) is 1. The first-order chi connectivity index (χ1) is 8.58. The number of hydrogen-bond acceptors (Lipinski definition) is 3. The van der Waals surface area contributed by atoms with Gasteiger partial charge in [0.25, 0.3) is 6.02 Å². The fourth-order valence-corrected chi connectivity index (χ4v) is 2.04. The first-order valence-corrected chi connectivity index (χ1v) is 6.46. The quantitative estimate of drug-likeness (QED) is 0.617. The molecule has 0 aromatic rings. The van der Waals surface area contributed by atoms with Crippen molar-refractivity contribution >= 4 is 6.02 Å². The van der Waals surface area contributed by atoms with Gasteiger partial charge in [-0.25, -0.2) is 9.38 Å². The van der Waals surface area contributed by atoms with Crippen LogP contribution in [0.15, 0.2) is 16.8 Å². The van der Waals surface area contributed by atoms with Gasteiger partial charge in [0.15, 0.2) is 0 Å². The number of amidine groups is 1. The first-order valence-electron chi connectivity index (χ1n) is 6.46. The van der Waals surface area contributed by atoms with Crippen LogP contribution in [-0.4, -0.2) is 50.4 Å². The largest absolute Gasteiger partial charge is 0.463 e. The van der Waals surface area contributed by atoms with E-state index in [1.807, 2.05) is 24.9 Å². The molecule has 0 saturated carbocycles. The zero-order chi connectivity index (χ0) is 13.5. The highest BCUT2D eigenvalue weighted by atomic mass is 19.1. The van der Waals surface area contributed by atoms with Crippen LogP contribution < -0.4 is 5.32 Å². The molecule has 1 rings (SSSR count). The van der Waals surface area contributed by atoms with Gasteiger partial charge >= 0.3 is 0 Å². The molecule has 0 unspecified atom stereocenters. The van der Waals surface area contributed by atoms with E-state index >= 15 is 0 Å². The maximum atomic E-state index is 13.6. The molecule has 2 atom stereocenters. The highest BCUT2D eigenvalue weighted by Crippen LogP contribution is 2.19. The van der Waals surface area contributed by atoms with Gasteiger partial charge in [0.1, 0.15) is 12.8 Å². The molecular weight excluding hydrogens is 233 g/mol. The van der Waals surface area contributed by atoms with Gasteiger partial charge in [0.05, 0.1) is 6.04 Å². The zero-order valence-electron chi connectivity index (χ0n) is 11.7. The normalized spacial score (nSPS) is 26.5. The molecule has 0 radical (unpaired) electrons. The summed E-state index contributed by atoms with van der Waals surface area (Å²) in [7, 11) is 3.58. The number of nitrogens with one attached hydrogen (secondary N) is 1. The first kappa shape index (κ1) is 15.0. The van der Waals surface area contributed by atoms with Crippen LogP contribution in [0.3, 0.4) is 0 Å². The summed E-state index contributed by atoms with van der Waals surface area (Å²) in [5, 5.41) is 3.07. The Morgan fingerprint density at radius 1 is 1.61 bits per heavy atom. The Morgan fingerprint density at radius 3 is 2.83 bits per heavy atom. The minimum atomic E-state index is -0.805. The van der Waals surface area contributed by atoms with Crippen molar-refractivity contribution in [3.05, 3.63) is 11.8 Å². The van der Waals surface area contributed by atoms with Crippen LogP contribution in [0.1, 0.15) is 26.7 Å². The van der Waals surface area contributed by atoms with E-state index in [0.717, 1.165) is 18.7 Å². The topological polar surface area (TPSA) is 36.9 Å². The highest BCUT2D eigenvalue weighted by molar-refractivity contribution is 5.75. The van der Waals surface area contributed by atoms with Gasteiger partial charge < -0.3 is 10.1 Å². The second-order valence-electron chi connectivity index (χ2n) is 4.61. The van der Waals surface area contributed by atoms with Gasteiger partial charge in [-0.2, -0.15) is 0 Å². The predicted molar refractivity (Wildman–Crippen MR) is 72.4 cm³/mol. The third-order valence-corrected chi connectivity index (χ3v) is 3.15. The summed E-state index contributed by atoms with van der Waals surface area (Å²) in [5.41, 5.74) is 0.995. The fourth-order valence-electron chi connectivity index (χ4n) is 2.04. The van der Waals surface area contributed by atoms with Crippen molar-refractivity contribution < 1.29 is 9.13 Å². The smallest absolute Gasteiger partial charge is 0.288 e. The molecule has 1 aliphatic heterocycles. The Hall–Kier alpha value is -1.10. The number of nitrogens with zero attached hydrogens (tertiary/aromatic N) is 2. The number of allylic oxidation sites excluding steroid dienone is 2. The summed E-state index contributed by atoms with van der Waals surface area (Å²) in [4.78, 5) is 6.02. The lowest BCUT2D eigenvalue weighted by Gasteiger charge is -2.21. The zero-order valence-corrected chi connectivity index (χ0v) is 11.7. The van der Waals surface area contributed by atoms with E-state index in [1.54, 1.807) is 7.05 Å². The molecular formula is C13H24FN3O. The monoisotopic (exact) mass is 257 g/mol. The summed E-state index contributed by atoms with van der Waals surface area (Å²) < 4.78 is 19.1. The highest BCUT2D eigenvalue weighted by Gasteiger charge is 2.32. The summed E-state index contributed by atoms with van der Waals surface area (Å²) in [5.74, 6) is 0. The second kappa shape index (κ2) is 7.36. The van der Waals surface area contributed by atoms with Crippen LogP contribution >= 0.6 is 0 Å². The van der Waals surface area contributed by atoms with E-state index in [9.17, 15) is 4.39 Å². The van der Waals surface area contributed by atoms with E-state index in [-0.39, 0.29) is 6.04 Å². The van der Waals surface area contributed by atoms with E-state index < -0.39 is 6.17 Å². The number of likely N-dealkylation sites (N-methyl/N-ethyl adjacent to an activating group) is 1. The number of alkyl halides is 1. The number of aliphatic imine (C=N–C) groups is 1. The predicted octanol–water partition coefficient (Wildman–Crippen LogP) is 1.93. The average Bonchev–Trinajstić information content (AvgIpc) is 2.65. The molecule has 1 saturated heterocycles. The molecule has 5 heteroatoms. The SMILES string of the molecule is CC/C=C(\C)NC(=NC)OC[C@@H]1[C@@H](F)CCN1C. The fraction of sp³-hybridized carbons (Fsp3) is 0.769. The van der Waals surface area contributed by atoms with E-state index in [4.69, 9.17) is 4.74 Å². The number of rotatable bonds is 4. The van der Waals surface area contributed by atoms with Crippen molar-refractivity contribution in [1.29, 1.82) is 0 Å². The van der Waals surface area contributed by atoms with Crippen molar-refractivity contribution in [1.82, 2.24) is 10.2 Å². The molecule has 18 heavy (non-hydrogen) atoms. The number of ether oxygens (including phenoxy) is 1. The third-order valence-electron chi connectivity index (χ3n) is 3.15. The van der Waals surface area contributed by atoms with Gasteiger partial charge in [-0.3, -0.25) is 4.90 Å². The van der Waals surface area contributed by atoms with Crippen LogP contribution in [0.4, 0.5) is 4.39 Å². The Kier molecular flexibility index (Phi) is 6.12. The maximum absolute atomic E-state index is 13.6. The van der Waals surface area contributed by atoms with Crippen LogP contribution in [0.2, 0.25) is 0 Å². The molecule has 0 aromatic carbocycles. The van der Waals surface area contributed by atoms with Gasteiger partial charge in [0.2, 0.25) is 0 Å². The molecule has 1 N–H and O–H groups in total. The van der Waals surface area contributed by atoms with E-state index in [2.05, 4.69) is 17.2 Å². The minimum Gasteiger partial charge on any atom is -0.463 e. The Balaban J connectivity index is 2.43. The van der Waals surface area contributed by atoms with E-state index in [1.165, 1.54) is 0 Å². The molecule has 1 heterocycles. The summed E-state index contributed by atoms with van der Waals surface area (Å²) in [6.07, 6.45) is 2.79. The van der Waals surface area contributed by atoms with Gasteiger partial charge in [-0.05, 0) is 26.8 Å². The van der Waals surface area contributed by atoms with Crippen molar-refractivity contribution in [2.75, 3.05) is 27.2 Å². The van der Waals surface area contributed by atoms with E-state index in [0.29, 0.717) is 19.0 Å².